The first-order chi connectivity index (χ1) is 19.0. The van der Waals surface area contributed by atoms with Crippen LogP contribution in [0.15, 0.2) is 82.6 Å². The molecule has 2 heterocycles. The Labute approximate surface area is 237 Å². The molecule has 0 radical (unpaired) electrons. The van der Waals surface area contributed by atoms with E-state index in [1.54, 1.807) is 17.0 Å². The van der Waals surface area contributed by atoms with Crippen molar-refractivity contribution in [3.63, 3.8) is 0 Å². The van der Waals surface area contributed by atoms with Crippen LogP contribution < -0.4 is 15.1 Å². The molecule has 3 aromatic rings. The van der Waals surface area contributed by atoms with Crippen molar-refractivity contribution in [1.29, 1.82) is 0 Å². The van der Waals surface area contributed by atoms with Crippen molar-refractivity contribution in [3.05, 3.63) is 94.1 Å². The van der Waals surface area contributed by atoms with Crippen LogP contribution in [0.3, 0.4) is 0 Å². The van der Waals surface area contributed by atoms with Crippen LogP contribution in [0.4, 0.5) is 15.8 Å². The number of carbonyl (C=O) groups is 2. The minimum absolute atomic E-state index is 0.0490. The topological polar surface area (TPSA) is 55.9 Å². The number of para-hydroxylation sites is 1. The third-order valence-electron chi connectivity index (χ3n) is 6.86. The summed E-state index contributed by atoms with van der Waals surface area (Å²) in [6.45, 7) is 4.98. The molecule has 0 spiro atoms. The van der Waals surface area contributed by atoms with Gasteiger partial charge in [0.1, 0.15) is 12.4 Å². The molecule has 0 unspecified atom stereocenters. The smallest absolute Gasteiger partial charge is 0.265 e. The summed E-state index contributed by atoms with van der Waals surface area (Å²) in [7, 11) is 0. The monoisotopic (exact) mass is 564 g/mol. The Kier molecular flexibility index (Phi) is 8.86. The van der Waals surface area contributed by atoms with Gasteiger partial charge in [-0.25, -0.2) is 4.39 Å². The standard InChI is InChI=1S/C30H30ClFN4O2S/c31-25-7-2-1-6-22(25)20-28-30(38)36(26-8-3-4-9-27(26)39-28)21-29(37)33-14-5-15-34-16-18-35(19-17-34)24-12-10-23(32)11-13-24/h1-4,6-13,20H,5,14-19,21H2,(H,33,37)/b28-20+. The number of amides is 2. The summed E-state index contributed by atoms with van der Waals surface area (Å²) in [6, 6.07) is 21.6. The summed E-state index contributed by atoms with van der Waals surface area (Å²) < 4.78 is 13.2. The Morgan fingerprint density at radius 2 is 1.69 bits per heavy atom. The molecule has 202 valence electrons. The van der Waals surface area contributed by atoms with Gasteiger partial charge in [-0.05, 0) is 67.1 Å². The van der Waals surface area contributed by atoms with Gasteiger partial charge in [0.05, 0.1) is 10.6 Å². The molecule has 5 rings (SSSR count). The molecule has 1 N–H and O–H groups in total. The van der Waals surface area contributed by atoms with Crippen LogP contribution in [-0.2, 0) is 9.59 Å². The zero-order chi connectivity index (χ0) is 27.2. The average molecular weight is 565 g/mol. The van der Waals surface area contributed by atoms with E-state index in [0.717, 1.165) is 61.0 Å². The molecule has 1 fully saturated rings. The van der Waals surface area contributed by atoms with Crippen LogP contribution in [0.25, 0.3) is 6.08 Å². The summed E-state index contributed by atoms with van der Waals surface area (Å²) in [5, 5.41) is 3.55. The lowest BCUT2D eigenvalue weighted by atomic mass is 10.2. The van der Waals surface area contributed by atoms with Crippen molar-refractivity contribution in [1.82, 2.24) is 10.2 Å². The molecule has 0 bridgehead atoms. The maximum atomic E-state index is 13.4. The molecular weight excluding hydrogens is 535 g/mol. The van der Waals surface area contributed by atoms with E-state index in [-0.39, 0.29) is 24.2 Å². The van der Waals surface area contributed by atoms with Gasteiger partial charge in [0.2, 0.25) is 5.91 Å². The first-order valence-corrected chi connectivity index (χ1v) is 14.2. The fourth-order valence-corrected chi connectivity index (χ4v) is 6.00. The Morgan fingerprint density at radius 1 is 0.974 bits per heavy atom. The number of piperazine rings is 1. The maximum Gasteiger partial charge on any atom is 0.265 e. The van der Waals surface area contributed by atoms with E-state index < -0.39 is 0 Å². The number of hydrogen-bond donors (Lipinski definition) is 1. The SMILES string of the molecule is O=C(CN1C(=O)/C(=C\c2ccccc2Cl)Sc2ccccc21)NCCCN1CCN(c2ccc(F)cc2)CC1. The van der Waals surface area contributed by atoms with Gasteiger partial charge in [-0.3, -0.25) is 19.4 Å². The maximum absolute atomic E-state index is 13.4. The number of nitrogens with one attached hydrogen (secondary N) is 1. The fourth-order valence-electron chi connectivity index (χ4n) is 4.76. The molecule has 39 heavy (non-hydrogen) atoms. The van der Waals surface area contributed by atoms with Crippen LogP contribution in [0, 0.1) is 5.82 Å². The minimum atomic E-state index is -0.221. The van der Waals surface area contributed by atoms with Crippen LogP contribution in [-0.4, -0.2) is 62.5 Å². The first kappa shape index (κ1) is 27.2. The normalized spacial score (nSPS) is 16.9. The van der Waals surface area contributed by atoms with Crippen molar-refractivity contribution in [2.75, 3.05) is 55.6 Å². The number of carbonyl (C=O) groups excluding carboxylic acids is 2. The number of anilines is 2. The second-order valence-electron chi connectivity index (χ2n) is 9.50. The number of nitrogens with zero attached hydrogens (tertiary/aromatic N) is 3. The number of benzene rings is 3. The predicted molar refractivity (Wildman–Crippen MR) is 157 cm³/mol. The summed E-state index contributed by atoms with van der Waals surface area (Å²) in [5.74, 6) is -0.628. The second kappa shape index (κ2) is 12.7. The van der Waals surface area contributed by atoms with E-state index in [2.05, 4.69) is 15.1 Å². The third kappa shape index (κ3) is 6.82. The van der Waals surface area contributed by atoms with Crippen LogP contribution in [0.5, 0.6) is 0 Å². The van der Waals surface area contributed by atoms with Crippen LogP contribution in [0.1, 0.15) is 12.0 Å². The Hall–Kier alpha value is -3.33. The summed E-state index contributed by atoms with van der Waals surface area (Å²) >= 11 is 7.71. The molecular formula is C30H30ClFN4O2S. The summed E-state index contributed by atoms with van der Waals surface area (Å²) in [4.78, 5) is 33.9. The minimum Gasteiger partial charge on any atom is -0.369 e. The van der Waals surface area contributed by atoms with E-state index in [0.29, 0.717) is 16.5 Å². The lowest BCUT2D eigenvalue weighted by Gasteiger charge is -2.36. The average Bonchev–Trinajstić information content (AvgIpc) is 2.95. The van der Waals surface area contributed by atoms with Crippen molar-refractivity contribution < 1.29 is 14.0 Å². The van der Waals surface area contributed by atoms with E-state index in [1.165, 1.54) is 23.9 Å². The second-order valence-corrected chi connectivity index (χ2v) is 11.0. The number of thioether (sulfide) groups is 1. The van der Waals surface area contributed by atoms with Gasteiger partial charge in [-0.15, -0.1) is 0 Å². The molecule has 6 nitrogen and oxygen atoms in total. The molecule has 3 aromatic carbocycles. The first-order valence-electron chi connectivity index (χ1n) is 13.0. The van der Waals surface area contributed by atoms with Gasteiger partial charge in [-0.1, -0.05) is 53.7 Å². The summed E-state index contributed by atoms with van der Waals surface area (Å²) in [6.07, 6.45) is 2.60. The molecule has 2 aliphatic heterocycles. The van der Waals surface area contributed by atoms with Gasteiger partial charge in [-0.2, -0.15) is 0 Å². The Balaban J connectivity index is 1.12. The number of halogens is 2. The van der Waals surface area contributed by atoms with Gasteiger partial charge in [0, 0.05) is 48.3 Å². The zero-order valence-corrected chi connectivity index (χ0v) is 23.1. The molecule has 0 saturated carbocycles. The van der Waals surface area contributed by atoms with Crippen molar-refractivity contribution >= 4 is 52.6 Å². The highest BCUT2D eigenvalue weighted by atomic mass is 35.5. The fraction of sp³-hybridized carbons (Fsp3) is 0.267. The highest BCUT2D eigenvalue weighted by molar-refractivity contribution is 8.04. The number of hydrogen-bond acceptors (Lipinski definition) is 5. The van der Waals surface area contributed by atoms with Gasteiger partial charge in [0.25, 0.3) is 5.91 Å². The Morgan fingerprint density at radius 3 is 2.46 bits per heavy atom. The molecule has 9 heteroatoms. The summed E-state index contributed by atoms with van der Waals surface area (Å²) in [5.41, 5.74) is 2.54. The Bertz CT molecular complexity index is 1360. The highest BCUT2D eigenvalue weighted by Gasteiger charge is 2.30. The lowest BCUT2D eigenvalue weighted by Crippen LogP contribution is -2.47. The van der Waals surface area contributed by atoms with E-state index in [1.807, 2.05) is 54.6 Å². The third-order valence-corrected chi connectivity index (χ3v) is 8.28. The van der Waals surface area contributed by atoms with Gasteiger partial charge >= 0.3 is 0 Å². The number of fused-ring (bicyclic) bond motifs is 1. The van der Waals surface area contributed by atoms with Crippen molar-refractivity contribution in [3.8, 4) is 0 Å². The van der Waals surface area contributed by atoms with E-state index in [4.69, 9.17) is 11.6 Å². The van der Waals surface area contributed by atoms with Crippen molar-refractivity contribution in [2.24, 2.45) is 0 Å². The largest absolute Gasteiger partial charge is 0.369 e. The molecule has 0 aromatic heterocycles. The quantitative estimate of drug-likeness (QED) is 0.298. The predicted octanol–water partition coefficient (Wildman–Crippen LogP) is 5.29. The van der Waals surface area contributed by atoms with Crippen LogP contribution >= 0.6 is 23.4 Å². The van der Waals surface area contributed by atoms with Crippen molar-refractivity contribution in [2.45, 2.75) is 11.3 Å². The number of rotatable bonds is 8. The van der Waals surface area contributed by atoms with E-state index in [9.17, 15) is 14.0 Å². The lowest BCUT2D eigenvalue weighted by molar-refractivity contribution is -0.122. The molecule has 1 saturated heterocycles. The molecule has 0 aliphatic carbocycles. The van der Waals surface area contributed by atoms with Gasteiger partial charge < -0.3 is 10.2 Å². The van der Waals surface area contributed by atoms with Gasteiger partial charge in [0.15, 0.2) is 0 Å². The zero-order valence-electron chi connectivity index (χ0n) is 21.5. The molecule has 2 aliphatic rings. The highest BCUT2D eigenvalue weighted by Crippen LogP contribution is 2.42. The van der Waals surface area contributed by atoms with E-state index >= 15 is 0 Å². The van der Waals surface area contributed by atoms with Crippen LogP contribution in [0.2, 0.25) is 5.02 Å². The molecule has 0 atom stereocenters. The molecule has 2 amide bonds.